The van der Waals surface area contributed by atoms with Crippen LogP contribution in [0.15, 0.2) is 40.6 Å². The summed E-state index contributed by atoms with van der Waals surface area (Å²) in [5, 5.41) is 14.5. The van der Waals surface area contributed by atoms with Gasteiger partial charge in [0, 0.05) is 24.3 Å². The van der Waals surface area contributed by atoms with E-state index in [9.17, 15) is 18.5 Å². The number of hydrogen-bond acceptors (Lipinski definition) is 6. The zero-order valence-electron chi connectivity index (χ0n) is 11.7. The Labute approximate surface area is 131 Å². The molecule has 0 unspecified atom stereocenters. The summed E-state index contributed by atoms with van der Waals surface area (Å²) < 4.78 is 23.1. The monoisotopic (exact) mass is 338 g/mol. The summed E-state index contributed by atoms with van der Waals surface area (Å²) >= 11 is 0.920. The van der Waals surface area contributed by atoms with Crippen LogP contribution in [-0.2, 0) is 9.84 Å². The lowest BCUT2D eigenvalue weighted by atomic mass is 10.1. The Bertz CT molecular complexity index is 815. The minimum Gasteiger partial charge on any atom is -0.368 e. The minimum absolute atomic E-state index is 0.0126. The van der Waals surface area contributed by atoms with Crippen LogP contribution in [0.5, 0.6) is 0 Å². The van der Waals surface area contributed by atoms with E-state index in [1.807, 2.05) is 30.3 Å². The van der Waals surface area contributed by atoms with Crippen LogP contribution in [0.3, 0.4) is 0 Å². The van der Waals surface area contributed by atoms with Gasteiger partial charge in [0.2, 0.25) is 0 Å². The van der Waals surface area contributed by atoms with Crippen molar-refractivity contribution < 1.29 is 13.3 Å². The molecule has 1 saturated carbocycles. The first kappa shape index (κ1) is 15.0. The van der Waals surface area contributed by atoms with Gasteiger partial charge in [-0.2, -0.15) is 0 Å². The van der Waals surface area contributed by atoms with Gasteiger partial charge in [0.05, 0.1) is 4.92 Å². The van der Waals surface area contributed by atoms with Gasteiger partial charge in [0.25, 0.3) is 0 Å². The number of nitrogens with one attached hydrogen (secondary N) is 1. The van der Waals surface area contributed by atoms with Gasteiger partial charge in [-0.05, 0) is 12.0 Å². The number of anilines is 1. The third-order valence-corrected chi connectivity index (χ3v) is 6.44. The van der Waals surface area contributed by atoms with E-state index in [0.717, 1.165) is 30.1 Å². The second kappa shape index (κ2) is 5.36. The Balaban J connectivity index is 1.82. The van der Waals surface area contributed by atoms with Crippen molar-refractivity contribution in [2.75, 3.05) is 11.6 Å². The van der Waals surface area contributed by atoms with Crippen LogP contribution in [0.25, 0.3) is 0 Å². The average Bonchev–Trinajstić information content (AvgIpc) is 3.06. The van der Waals surface area contributed by atoms with Crippen molar-refractivity contribution in [1.82, 2.24) is 0 Å². The lowest BCUT2D eigenvalue weighted by Gasteiger charge is -2.03. The molecular formula is C14H14N2O4S2. The maximum Gasteiger partial charge on any atom is 0.304 e. The van der Waals surface area contributed by atoms with Crippen LogP contribution in [0.4, 0.5) is 10.7 Å². The van der Waals surface area contributed by atoms with Gasteiger partial charge in [-0.1, -0.05) is 41.7 Å². The number of nitro groups is 1. The maximum absolute atomic E-state index is 11.6. The first-order chi connectivity index (χ1) is 10.4. The molecule has 1 aromatic heterocycles. The molecule has 8 heteroatoms. The number of hydrogen-bond donors (Lipinski definition) is 1. The standard InChI is InChI=1S/C14H14N2O4S2/c1-22(19,20)13-8-12(16(17)18)14(21-13)15-11-7-10(11)9-5-3-2-4-6-9/h2-6,8,10-11,15H,7H2,1H3/t10-,11+/m1/s1. The van der Waals surface area contributed by atoms with Crippen LogP contribution in [0.1, 0.15) is 17.9 Å². The fraction of sp³-hybridized carbons (Fsp3) is 0.286. The van der Waals surface area contributed by atoms with Crippen molar-refractivity contribution in [3.05, 3.63) is 52.1 Å². The highest BCUT2D eigenvalue weighted by Crippen LogP contribution is 2.46. The van der Waals surface area contributed by atoms with E-state index < -0.39 is 14.8 Å². The number of sulfone groups is 1. The van der Waals surface area contributed by atoms with E-state index >= 15 is 0 Å². The van der Waals surface area contributed by atoms with Gasteiger partial charge in [0.1, 0.15) is 4.21 Å². The van der Waals surface area contributed by atoms with Crippen molar-refractivity contribution >= 4 is 31.9 Å². The largest absolute Gasteiger partial charge is 0.368 e. The molecule has 1 aromatic carbocycles. The fourth-order valence-electron chi connectivity index (χ4n) is 2.37. The Morgan fingerprint density at radius 3 is 2.59 bits per heavy atom. The molecule has 6 nitrogen and oxygen atoms in total. The van der Waals surface area contributed by atoms with Gasteiger partial charge >= 0.3 is 5.69 Å². The molecule has 2 atom stereocenters. The second-order valence-corrected chi connectivity index (χ2v) is 8.61. The number of benzene rings is 1. The Hall–Kier alpha value is -1.93. The summed E-state index contributed by atoms with van der Waals surface area (Å²) in [5.41, 5.74) is 1.01. The van der Waals surface area contributed by atoms with Crippen LogP contribution in [-0.4, -0.2) is 25.6 Å². The summed E-state index contributed by atoms with van der Waals surface area (Å²) in [6, 6.07) is 11.1. The fourth-order valence-corrected chi connectivity index (χ4v) is 4.37. The number of rotatable bonds is 5. The third-order valence-electron chi connectivity index (χ3n) is 3.59. The first-order valence-corrected chi connectivity index (χ1v) is 9.37. The van der Waals surface area contributed by atoms with E-state index in [1.165, 1.54) is 5.56 Å². The van der Waals surface area contributed by atoms with Crippen LogP contribution in [0, 0.1) is 10.1 Å². The Morgan fingerprint density at radius 1 is 1.32 bits per heavy atom. The first-order valence-electron chi connectivity index (χ1n) is 6.66. The zero-order valence-corrected chi connectivity index (χ0v) is 13.4. The van der Waals surface area contributed by atoms with Gasteiger partial charge in [0.15, 0.2) is 14.8 Å². The normalized spacial score (nSPS) is 20.6. The SMILES string of the molecule is CS(=O)(=O)c1cc([N+](=O)[O-])c(N[C@H]2C[C@@H]2c2ccccc2)s1. The quantitative estimate of drug-likeness (QED) is 0.668. The molecule has 1 N–H and O–H groups in total. The summed E-state index contributed by atoms with van der Waals surface area (Å²) in [6.07, 6.45) is 1.93. The van der Waals surface area contributed by atoms with Gasteiger partial charge in [-0.15, -0.1) is 0 Å². The molecule has 1 aliphatic carbocycles. The Morgan fingerprint density at radius 2 is 2.00 bits per heavy atom. The molecule has 0 spiro atoms. The summed E-state index contributed by atoms with van der Waals surface area (Å²) in [7, 11) is -3.45. The van der Waals surface area contributed by atoms with Crippen LogP contribution in [0.2, 0.25) is 0 Å². The molecule has 0 aliphatic heterocycles. The summed E-state index contributed by atoms with van der Waals surface area (Å²) in [4.78, 5) is 10.5. The van der Waals surface area contributed by atoms with Gasteiger partial charge < -0.3 is 5.32 Å². The lowest BCUT2D eigenvalue weighted by Crippen LogP contribution is -2.04. The molecule has 0 amide bonds. The molecule has 0 bridgehead atoms. The predicted octanol–water partition coefficient (Wildman–Crippen LogP) is 3.03. The molecule has 1 heterocycles. The van der Waals surface area contributed by atoms with Crippen molar-refractivity contribution in [1.29, 1.82) is 0 Å². The molecule has 22 heavy (non-hydrogen) atoms. The van der Waals surface area contributed by atoms with Crippen molar-refractivity contribution in [2.24, 2.45) is 0 Å². The van der Waals surface area contributed by atoms with E-state index in [-0.39, 0.29) is 15.9 Å². The molecule has 0 saturated heterocycles. The number of nitrogens with zero attached hydrogens (tertiary/aromatic N) is 1. The summed E-state index contributed by atoms with van der Waals surface area (Å²) in [5.74, 6) is 0.310. The van der Waals surface area contributed by atoms with Crippen LogP contribution < -0.4 is 5.32 Å². The topological polar surface area (TPSA) is 89.3 Å². The molecule has 3 rings (SSSR count). The zero-order chi connectivity index (χ0) is 15.9. The maximum atomic E-state index is 11.6. The third kappa shape index (κ3) is 2.97. The molecule has 2 aromatic rings. The lowest BCUT2D eigenvalue weighted by molar-refractivity contribution is -0.383. The van der Waals surface area contributed by atoms with Crippen molar-refractivity contribution in [2.45, 2.75) is 22.6 Å². The molecule has 1 aliphatic rings. The smallest absolute Gasteiger partial charge is 0.304 e. The highest BCUT2D eigenvalue weighted by Gasteiger charge is 2.40. The highest BCUT2D eigenvalue weighted by molar-refractivity contribution is 7.92. The highest BCUT2D eigenvalue weighted by atomic mass is 32.2. The second-order valence-electron chi connectivity index (χ2n) is 5.31. The number of thiophene rings is 1. The molecule has 116 valence electrons. The van der Waals surface area contributed by atoms with Gasteiger partial charge in [-0.25, -0.2) is 8.42 Å². The van der Waals surface area contributed by atoms with Gasteiger partial charge in [-0.3, -0.25) is 10.1 Å². The van der Waals surface area contributed by atoms with E-state index in [2.05, 4.69) is 5.32 Å². The van der Waals surface area contributed by atoms with E-state index in [0.29, 0.717) is 10.9 Å². The summed E-state index contributed by atoms with van der Waals surface area (Å²) in [6.45, 7) is 0. The molecular weight excluding hydrogens is 324 g/mol. The van der Waals surface area contributed by atoms with Crippen molar-refractivity contribution in [3.8, 4) is 0 Å². The predicted molar refractivity (Wildman–Crippen MR) is 85.3 cm³/mol. The van der Waals surface area contributed by atoms with Crippen molar-refractivity contribution in [3.63, 3.8) is 0 Å². The average molecular weight is 338 g/mol. The van der Waals surface area contributed by atoms with Crippen LogP contribution >= 0.6 is 11.3 Å². The van der Waals surface area contributed by atoms with E-state index in [1.54, 1.807) is 0 Å². The molecule has 1 fully saturated rings. The minimum atomic E-state index is -3.45. The Kier molecular flexibility index (Phi) is 3.65. The van der Waals surface area contributed by atoms with E-state index in [4.69, 9.17) is 0 Å². The molecule has 0 radical (unpaired) electrons.